The van der Waals surface area contributed by atoms with Crippen molar-refractivity contribution in [2.75, 3.05) is 51.8 Å². The number of hydrogen-bond donors (Lipinski definition) is 2. The molecular formula is C36H38F2N6O3. The molecule has 244 valence electrons. The average Bonchev–Trinajstić information content (AvgIpc) is 3.79. The van der Waals surface area contributed by atoms with Gasteiger partial charge in [-0.3, -0.25) is 0 Å². The molecule has 0 amide bonds. The van der Waals surface area contributed by atoms with Gasteiger partial charge in [-0.05, 0) is 74.7 Å². The Morgan fingerprint density at radius 1 is 1.09 bits per heavy atom. The van der Waals surface area contributed by atoms with Crippen molar-refractivity contribution < 1.29 is 23.4 Å². The Morgan fingerprint density at radius 2 is 1.85 bits per heavy atom. The first-order valence-corrected chi connectivity index (χ1v) is 16.3. The van der Waals surface area contributed by atoms with E-state index in [2.05, 4.69) is 45.0 Å². The minimum atomic E-state index is -0.770. The quantitative estimate of drug-likeness (QED) is 0.274. The third-order valence-electron chi connectivity index (χ3n) is 11.1. The number of pyridine rings is 1. The molecule has 0 radical (unpaired) electrons. The van der Waals surface area contributed by atoms with Gasteiger partial charge in [0.25, 0.3) is 0 Å². The summed E-state index contributed by atoms with van der Waals surface area (Å²) in [6, 6.07) is 6.16. The number of halogens is 2. The molecule has 2 bridgehead atoms. The van der Waals surface area contributed by atoms with Crippen molar-refractivity contribution >= 4 is 27.5 Å². The summed E-state index contributed by atoms with van der Waals surface area (Å²) in [7, 11) is 3.59. The van der Waals surface area contributed by atoms with E-state index in [9.17, 15) is 9.50 Å². The molecule has 11 heteroatoms. The van der Waals surface area contributed by atoms with Crippen LogP contribution in [0.3, 0.4) is 0 Å². The molecule has 9 nitrogen and oxygen atoms in total. The summed E-state index contributed by atoms with van der Waals surface area (Å²) in [4.78, 5) is 18.7. The number of nitrogens with zero attached hydrogens (tertiary/aromatic N) is 5. The van der Waals surface area contributed by atoms with Crippen LogP contribution >= 0.6 is 0 Å². The summed E-state index contributed by atoms with van der Waals surface area (Å²) < 4.78 is 44.3. The van der Waals surface area contributed by atoms with E-state index in [1.54, 1.807) is 0 Å². The molecule has 2 aromatic heterocycles. The highest BCUT2D eigenvalue weighted by Gasteiger charge is 2.58. The van der Waals surface area contributed by atoms with Crippen molar-refractivity contribution in [1.29, 1.82) is 0 Å². The number of phenolic OH excluding ortho intramolecular Hbond substituents is 1. The van der Waals surface area contributed by atoms with Crippen LogP contribution in [0.1, 0.15) is 44.6 Å². The van der Waals surface area contributed by atoms with E-state index in [0.29, 0.717) is 36.3 Å². The molecule has 2 aromatic carbocycles. The van der Waals surface area contributed by atoms with E-state index >= 15 is 4.39 Å². The van der Waals surface area contributed by atoms with Gasteiger partial charge in [0.2, 0.25) is 5.88 Å². The summed E-state index contributed by atoms with van der Waals surface area (Å²) in [5.41, 5.74) is -0.000619. The summed E-state index contributed by atoms with van der Waals surface area (Å²) >= 11 is 0. The fourth-order valence-electron chi connectivity index (χ4n) is 8.42. The minimum Gasteiger partial charge on any atom is -0.508 e. The topological polar surface area (TPSA) is 95.9 Å². The first-order chi connectivity index (χ1) is 22.6. The van der Waals surface area contributed by atoms with E-state index in [-0.39, 0.29) is 68.3 Å². The molecule has 3 aliphatic heterocycles. The van der Waals surface area contributed by atoms with E-state index < -0.39 is 11.6 Å². The number of terminal acetylenes is 1. The highest BCUT2D eigenvalue weighted by molar-refractivity contribution is 6.04. The first-order valence-electron chi connectivity index (χ1n) is 16.3. The molecule has 8 rings (SSSR count). The molecule has 4 aromatic rings. The van der Waals surface area contributed by atoms with Crippen LogP contribution in [-0.2, 0) is 0 Å². The van der Waals surface area contributed by atoms with Crippen LogP contribution in [-0.4, -0.2) is 84.0 Å². The number of hydrogen-bond acceptors (Lipinski definition) is 9. The van der Waals surface area contributed by atoms with Crippen molar-refractivity contribution in [3.63, 3.8) is 0 Å². The second kappa shape index (κ2) is 10.9. The zero-order chi connectivity index (χ0) is 32.7. The SMILES string of the molecule is C#Cc1c(F)ccc2cc(O)cc(-c3nc(OC)c4c(N5C[C@H]6CC[C@@H](C5)N6)nc(OC[C@]5(C)CN(C)CCC56CC6)nc4c3F)c12. The van der Waals surface area contributed by atoms with E-state index in [1.165, 1.54) is 44.2 Å². The molecule has 3 atom stereocenters. The number of phenols is 1. The number of likely N-dealkylation sites (tertiary alicyclic amines) is 1. The molecule has 3 saturated heterocycles. The Kier molecular flexibility index (Phi) is 6.97. The van der Waals surface area contributed by atoms with Gasteiger partial charge in [-0.2, -0.15) is 9.97 Å². The summed E-state index contributed by atoms with van der Waals surface area (Å²) in [6.07, 6.45) is 11.3. The van der Waals surface area contributed by atoms with Crippen LogP contribution in [0.2, 0.25) is 0 Å². The number of ether oxygens (including phenoxy) is 2. The number of piperazine rings is 1. The second-order valence-electron chi connectivity index (χ2n) is 14.2. The van der Waals surface area contributed by atoms with Crippen LogP contribution < -0.4 is 19.7 Å². The van der Waals surface area contributed by atoms with Crippen LogP contribution in [0.4, 0.5) is 14.6 Å². The third kappa shape index (κ3) is 4.83. The molecule has 0 unspecified atom stereocenters. The number of nitrogens with one attached hydrogen (secondary N) is 1. The first kappa shape index (κ1) is 30.1. The zero-order valence-corrected chi connectivity index (χ0v) is 26.9. The lowest BCUT2D eigenvalue weighted by molar-refractivity contribution is -0.00421. The third-order valence-corrected chi connectivity index (χ3v) is 11.1. The Bertz CT molecular complexity index is 1960. The highest BCUT2D eigenvalue weighted by Crippen LogP contribution is 2.63. The predicted molar refractivity (Wildman–Crippen MR) is 176 cm³/mol. The number of methoxy groups -OCH3 is 1. The fraction of sp³-hybridized carbons (Fsp3) is 0.472. The maximum absolute atomic E-state index is 17.1. The van der Waals surface area contributed by atoms with E-state index in [4.69, 9.17) is 20.9 Å². The maximum atomic E-state index is 17.1. The Hall–Kier alpha value is -4.27. The van der Waals surface area contributed by atoms with Gasteiger partial charge in [0.1, 0.15) is 34.0 Å². The molecule has 4 fully saturated rings. The van der Waals surface area contributed by atoms with Crippen molar-refractivity contribution in [3.8, 4) is 41.2 Å². The Morgan fingerprint density at radius 3 is 2.55 bits per heavy atom. The lowest BCUT2D eigenvalue weighted by Crippen LogP contribution is -2.51. The van der Waals surface area contributed by atoms with Crippen LogP contribution in [0.5, 0.6) is 17.6 Å². The van der Waals surface area contributed by atoms with E-state index in [0.717, 1.165) is 32.4 Å². The van der Waals surface area contributed by atoms with Gasteiger partial charge >= 0.3 is 6.01 Å². The normalized spacial score (nSPS) is 25.0. The number of piperidine rings is 1. The number of anilines is 1. The zero-order valence-electron chi connectivity index (χ0n) is 26.9. The number of aromatic nitrogens is 3. The standard InChI is InChI=1S/C36H38F2N6O3/c1-5-24-26(37)9-6-20-14-23(45)15-25(27(20)24)30-29(38)31-28(33(40-30)46-4)32(44-16-21-7-8-22(17-44)39-21)42-34(41-31)47-19-35(2)18-43(3)13-12-36(35)10-11-36/h1,6,9,14-15,21-22,39,45H,7-8,10-13,16-19H2,2-4H3/t21-,22+,35-/m0/s1. The van der Waals surface area contributed by atoms with Crippen molar-refractivity contribution in [2.24, 2.45) is 10.8 Å². The summed E-state index contributed by atoms with van der Waals surface area (Å²) in [6.45, 7) is 5.99. The van der Waals surface area contributed by atoms with Gasteiger partial charge in [0.05, 0.1) is 19.3 Å². The molecule has 1 spiro atoms. The largest absolute Gasteiger partial charge is 0.508 e. The van der Waals surface area contributed by atoms with Gasteiger partial charge < -0.3 is 29.7 Å². The Labute approximate surface area is 272 Å². The maximum Gasteiger partial charge on any atom is 0.319 e. The average molecular weight is 641 g/mol. The Balaban J connectivity index is 1.32. The number of benzene rings is 2. The van der Waals surface area contributed by atoms with Crippen LogP contribution in [0.25, 0.3) is 32.9 Å². The monoisotopic (exact) mass is 640 g/mol. The van der Waals surface area contributed by atoms with Crippen molar-refractivity contribution in [2.45, 2.75) is 51.1 Å². The van der Waals surface area contributed by atoms with E-state index in [1.807, 2.05) is 0 Å². The molecule has 5 heterocycles. The molecule has 1 aliphatic carbocycles. The number of rotatable bonds is 6. The predicted octanol–water partition coefficient (Wildman–Crippen LogP) is 5.26. The fourth-order valence-corrected chi connectivity index (χ4v) is 8.42. The minimum absolute atomic E-state index is 0.0278. The van der Waals surface area contributed by atoms with Gasteiger partial charge in [-0.15, -0.1) is 6.42 Å². The number of aromatic hydroxyl groups is 1. The van der Waals surface area contributed by atoms with Crippen molar-refractivity contribution in [3.05, 3.63) is 41.5 Å². The van der Waals surface area contributed by atoms with Crippen LogP contribution in [0.15, 0.2) is 24.3 Å². The summed E-state index contributed by atoms with van der Waals surface area (Å²) in [5.74, 6) is 1.45. The van der Waals surface area contributed by atoms with Crippen LogP contribution in [0, 0.1) is 34.8 Å². The van der Waals surface area contributed by atoms with Crippen molar-refractivity contribution in [1.82, 2.24) is 25.2 Å². The van der Waals surface area contributed by atoms with Gasteiger partial charge in [-0.25, -0.2) is 13.8 Å². The highest BCUT2D eigenvalue weighted by atomic mass is 19.1. The molecule has 1 saturated carbocycles. The summed E-state index contributed by atoms with van der Waals surface area (Å²) in [5, 5.41) is 15.3. The smallest absolute Gasteiger partial charge is 0.319 e. The second-order valence-corrected chi connectivity index (χ2v) is 14.2. The molecule has 4 aliphatic rings. The number of fused-ring (bicyclic) bond motifs is 4. The van der Waals surface area contributed by atoms with Gasteiger partial charge in [-0.1, -0.05) is 18.9 Å². The van der Waals surface area contributed by atoms with Gasteiger partial charge in [0.15, 0.2) is 5.82 Å². The molecule has 47 heavy (non-hydrogen) atoms. The molecular weight excluding hydrogens is 602 g/mol. The lowest BCUT2D eigenvalue weighted by Gasteiger charge is -2.45. The lowest BCUT2D eigenvalue weighted by atomic mass is 9.70. The molecule has 2 N–H and O–H groups in total. The van der Waals surface area contributed by atoms with Gasteiger partial charge in [0, 0.05) is 48.1 Å².